The first-order chi connectivity index (χ1) is 11.2. The Balaban J connectivity index is 2.05. The van der Waals surface area contributed by atoms with E-state index in [0.717, 1.165) is 11.3 Å². The summed E-state index contributed by atoms with van der Waals surface area (Å²) >= 11 is 0. The van der Waals surface area contributed by atoms with Crippen LogP contribution in [0.15, 0.2) is 28.8 Å². The van der Waals surface area contributed by atoms with Crippen molar-refractivity contribution in [3.63, 3.8) is 0 Å². The summed E-state index contributed by atoms with van der Waals surface area (Å²) in [6, 6.07) is 7.56. The molecule has 0 spiro atoms. The lowest BCUT2D eigenvalue weighted by Gasteiger charge is -2.17. The van der Waals surface area contributed by atoms with Crippen LogP contribution in [0.3, 0.4) is 0 Å². The van der Waals surface area contributed by atoms with Gasteiger partial charge in [0.2, 0.25) is 0 Å². The van der Waals surface area contributed by atoms with Gasteiger partial charge in [-0.25, -0.2) is 0 Å². The normalized spacial score (nSPS) is 12.8. The summed E-state index contributed by atoms with van der Waals surface area (Å²) in [6.07, 6.45) is -0.0233. The molecule has 0 saturated heterocycles. The molecule has 1 atom stereocenters. The molecule has 1 aromatic carbocycles. The number of aryl methyl sites for hydroxylation is 2. The average Bonchev–Trinajstić information content (AvgIpc) is 2.97. The lowest BCUT2D eigenvalue weighted by molar-refractivity contribution is -0.122. The van der Waals surface area contributed by atoms with Crippen LogP contribution in [0.2, 0.25) is 0 Å². The summed E-state index contributed by atoms with van der Waals surface area (Å²) in [7, 11) is 0. The summed E-state index contributed by atoms with van der Waals surface area (Å²) in [4.78, 5) is 12.4. The number of benzene rings is 1. The lowest BCUT2D eigenvalue weighted by Crippen LogP contribution is -2.32. The molecular formula is C19H26N2O3. The van der Waals surface area contributed by atoms with Crippen molar-refractivity contribution in [1.29, 1.82) is 0 Å². The number of hydrogen-bond donors (Lipinski definition) is 1. The topological polar surface area (TPSA) is 64.4 Å². The third kappa shape index (κ3) is 4.37. The first-order valence-electron chi connectivity index (χ1n) is 8.22. The number of rotatable bonds is 5. The number of nitrogens with zero attached hydrogens (tertiary/aromatic N) is 1. The smallest absolute Gasteiger partial charge is 0.266 e. The zero-order chi connectivity index (χ0) is 17.9. The molecule has 0 bridgehead atoms. The average molecular weight is 330 g/mol. The van der Waals surface area contributed by atoms with E-state index >= 15 is 0 Å². The maximum atomic E-state index is 12.4. The first-order valence-corrected chi connectivity index (χ1v) is 8.22. The van der Waals surface area contributed by atoms with E-state index in [1.54, 1.807) is 6.07 Å². The van der Waals surface area contributed by atoms with Crippen molar-refractivity contribution in [3.05, 3.63) is 41.2 Å². The minimum atomic E-state index is -0.582. The Morgan fingerprint density at radius 1 is 1.25 bits per heavy atom. The molecule has 2 aromatic rings. The number of carbonyl (C=O) groups excluding carboxylic acids is 1. The molecule has 0 radical (unpaired) electrons. The van der Waals surface area contributed by atoms with E-state index in [1.807, 2.05) is 59.7 Å². The zero-order valence-electron chi connectivity index (χ0n) is 15.3. The van der Waals surface area contributed by atoms with Crippen LogP contribution in [0, 0.1) is 13.8 Å². The molecule has 1 aromatic heterocycles. The molecule has 0 aliphatic heterocycles. The van der Waals surface area contributed by atoms with Crippen LogP contribution in [0.5, 0.6) is 5.75 Å². The van der Waals surface area contributed by atoms with Crippen LogP contribution in [0.1, 0.15) is 51.0 Å². The Bertz CT molecular complexity index is 714. The number of carbonyl (C=O) groups is 1. The van der Waals surface area contributed by atoms with Crippen LogP contribution < -0.4 is 10.1 Å². The summed E-state index contributed by atoms with van der Waals surface area (Å²) in [5, 5.41) is 6.67. The predicted molar refractivity (Wildman–Crippen MR) is 94.5 cm³/mol. The van der Waals surface area contributed by atoms with Crippen LogP contribution in [0.4, 0.5) is 5.82 Å². The molecule has 1 N–H and O–H groups in total. The molecule has 2 rings (SSSR count). The van der Waals surface area contributed by atoms with Crippen molar-refractivity contribution in [2.75, 3.05) is 5.32 Å². The minimum Gasteiger partial charge on any atom is -0.481 e. The summed E-state index contributed by atoms with van der Waals surface area (Å²) in [5.74, 6) is 1.59. The van der Waals surface area contributed by atoms with E-state index in [-0.39, 0.29) is 11.3 Å². The van der Waals surface area contributed by atoms with Gasteiger partial charge in [0.25, 0.3) is 5.91 Å². The fourth-order valence-electron chi connectivity index (χ4n) is 2.17. The summed E-state index contributed by atoms with van der Waals surface area (Å²) in [6.45, 7) is 12.0. The number of aromatic nitrogens is 1. The Labute approximate surface area is 143 Å². The molecule has 5 heteroatoms. The number of ether oxygens (including phenoxy) is 1. The number of hydrogen-bond acceptors (Lipinski definition) is 4. The van der Waals surface area contributed by atoms with Crippen molar-refractivity contribution in [2.24, 2.45) is 0 Å². The Kier molecular flexibility index (Phi) is 5.32. The Hall–Kier alpha value is -2.30. The lowest BCUT2D eigenvalue weighted by atomic mass is 9.93. The molecule has 0 aliphatic carbocycles. The second kappa shape index (κ2) is 7.07. The molecule has 1 heterocycles. The van der Waals surface area contributed by atoms with Gasteiger partial charge in [-0.1, -0.05) is 38.9 Å². The van der Waals surface area contributed by atoms with Gasteiger partial charge >= 0.3 is 0 Å². The van der Waals surface area contributed by atoms with Gasteiger partial charge < -0.3 is 14.6 Å². The van der Waals surface area contributed by atoms with Crippen LogP contribution >= 0.6 is 0 Å². The van der Waals surface area contributed by atoms with Gasteiger partial charge in [0.15, 0.2) is 11.9 Å². The van der Waals surface area contributed by atoms with Crippen molar-refractivity contribution in [1.82, 2.24) is 5.16 Å². The maximum absolute atomic E-state index is 12.4. The van der Waals surface area contributed by atoms with Gasteiger partial charge in [-0.15, -0.1) is 0 Å². The van der Waals surface area contributed by atoms with E-state index in [0.29, 0.717) is 18.0 Å². The SMILES string of the molecule is CC[C@@H](Oc1ccc(C)c(C)c1)C(=O)Nc1cc(C(C)(C)C)on1. The first kappa shape index (κ1) is 18.0. The quantitative estimate of drug-likeness (QED) is 0.883. The Morgan fingerprint density at radius 2 is 1.96 bits per heavy atom. The van der Waals surface area contributed by atoms with E-state index in [4.69, 9.17) is 9.26 Å². The highest BCUT2D eigenvalue weighted by Gasteiger charge is 2.23. The highest BCUT2D eigenvalue weighted by molar-refractivity contribution is 5.93. The monoisotopic (exact) mass is 330 g/mol. The van der Waals surface area contributed by atoms with E-state index < -0.39 is 6.10 Å². The van der Waals surface area contributed by atoms with Gasteiger partial charge in [0.1, 0.15) is 11.5 Å². The number of anilines is 1. The molecule has 0 saturated carbocycles. The van der Waals surface area contributed by atoms with Crippen molar-refractivity contribution in [3.8, 4) is 5.75 Å². The largest absolute Gasteiger partial charge is 0.481 e. The number of nitrogens with one attached hydrogen (secondary N) is 1. The fourth-order valence-corrected chi connectivity index (χ4v) is 2.17. The third-order valence-corrected chi connectivity index (χ3v) is 3.92. The van der Waals surface area contributed by atoms with Gasteiger partial charge in [-0.3, -0.25) is 4.79 Å². The molecule has 0 unspecified atom stereocenters. The highest BCUT2D eigenvalue weighted by atomic mass is 16.5. The molecule has 5 nitrogen and oxygen atoms in total. The third-order valence-electron chi connectivity index (χ3n) is 3.92. The van der Waals surface area contributed by atoms with Crippen LogP contribution in [0.25, 0.3) is 0 Å². The van der Waals surface area contributed by atoms with Crippen molar-refractivity contribution in [2.45, 2.75) is 59.5 Å². The van der Waals surface area contributed by atoms with E-state index in [1.165, 1.54) is 5.56 Å². The second-order valence-corrected chi connectivity index (χ2v) is 7.08. The maximum Gasteiger partial charge on any atom is 0.266 e. The molecule has 130 valence electrons. The van der Waals surface area contributed by atoms with Gasteiger partial charge in [-0.05, 0) is 43.5 Å². The molecular weight excluding hydrogens is 304 g/mol. The molecule has 1 amide bonds. The highest BCUT2D eigenvalue weighted by Crippen LogP contribution is 2.25. The second-order valence-electron chi connectivity index (χ2n) is 7.08. The molecule has 0 aliphatic rings. The van der Waals surface area contributed by atoms with Crippen molar-refractivity contribution >= 4 is 11.7 Å². The van der Waals surface area contributed by atoms with E-state index in [9.17, 15) is 4.79 Å². The van der Waals surface area contributed by atoms with Gasteiger partial charge in [-0.2, -0.15) is 0 Å². The fraction of sp³-hybridized carbons (Fsp3) is 0.474. The van der Waals surface area contributed by atoms with Gasteiger partial charge in [0.05, 0.1) is 0 Å². The van der Waals surface area contributed by atoms with E-state index in [2.05, 4.69) is 10.5 Å². The summed E-state index contributed by atoms with van der Waals surface area (Å²) in [5.41, 5.74) is 2.17. The predicted octanol–water partition coefficient (Wildman–Crippen LogP) is 4.39. The molecule has 0 fully saturated rings. The molecule has 24 heavy (non-hydrogen) atoms. The zero-order valence-corrected chi connectivity index (χ0v) is 15.3. The van der Waals surface area contributed by atoms with Gasteiger partial charge in [0, 0.05) is 11.5 Å². The summed E-state index contributed by atoms with van der Waals surface area (Å²) < 4.78 is 11.1. The number of amides is 1. The standard InChI is InChI=1S/C19H26N2O3/c1-7-15(23-14-9-8-12(2)13(3)10-14)18(22)20-17-11-16(24-21-17)19(4,5)6/h8-11,15H,7H2,1-6H3,(H,20,21,22)/t15-/m1/s1. The van der Waals surface area contributed by atoms with Crippen LogP contribution in [-0.4, -0.2) is 17.2 Å². The minimum absolute atomic E-state index is 0.157. The Morgan fingerprint density at radius 3 is 2.50 bits per heavy atom. The van der Waals surface area contributed by atoms with Crippen LogP contribution in [-0.2, 0) is 10.2 Å². The van der Waals surface area contributed by atoms with Crippen molar-refractivity contribution < 1.29 is 14.1 Å².